The van der Waals surface area contributed by atoms with Gasteiger partial charge in [0.15, 0.2) is 0 Å². The average Bonchev–Trinajstić information content (AvgIpc) is 1.91. The summed E-state index contributed by atoms with van der Waals surface area (Å²) in [5, 5.41) is 8.91. The van der Waals surface area contributed by atoms with Crippen LogP contribution in [0.2, 0.25) is 0 Å². The zero-order valence-electron chi connectivity index (χ0n) is 7.77. The Hall–Kier alpha value is -0.0800. The molecule has 70 valence electrons. The fourth-order valence-electron chi connectivity index (χ4n) is 1.08. The van der Waals surface area contributed by atoms with Crippen LogP contribution in [0.25, 0.3) is 0 Å². The maximum atomic E-state index is 8.91. The van der Waals surface area contributed by atoms with Gasteiger partial charge in [0.05, 0.1) is 6.10 Å². The molecule has 0 aliphatic heterocycles. The lowest BCUT2D eigenvalue weighted by atomic mass is 9.98. The maximum Gasteiger partial charge on any atom is 0.0540 e. The van der Waals surface area contributed by atoms with Gasteiger partial charge in [0.1, 0.15) is 0 Å². The molecule has 0 aromatic rings. The molecule has 0 radical (unpaired) electrons. The lowest BCUT2D eigenvalue weighted by Gasteiger charge is -2.14. The fourth-order valence-corrected chi connectivity index (χ4v) is 1.08. The van der Waals surface area contributed by atoms with E-state index < -0.39 is 0 Å². The molecular formula is C9H22O2. The molecule has 1 aliphatic rings. The van der Waals surface area contributed by atoms with Crippen LogP contribution < -0.4 is 0 Å². The Morgan fingerprint density at radius 1 is 1.09 bits per heavy atom. The Morgan fingerprint density at radius 3 is 1.64 bits per heavy atom. The van der Waals surface area contributed by atoms with Crippen LogP contribution in [0.15, 0.2) is 0 Å². The molecule has 3 N–H and O–H groups in total. The first-order valence-corrected chi connectivity index (χ1v) is 4.49. The quantitative estimate of drug-likeness (QED) is 0.581. The summed E-state index contributed by atoms with van der Waals surface area (Å²) >= 11 is 0. The molecule has 2 nitrogen and oxygen atoms in total. The minimum absolute atomic E-state index is 0. The zero-order chi connectivity index (χ0) is 7.82. The number of hydrogen-bond donors (Lipinski definition) is 1. The highest BCUT2D eigenvalue weighted by atomic mass is 16.3. The fraction of sp³-hybridized carbons (Fsp3) is 1.00. The summed E-state index contributed by atoms with van der Waals surface area (Å²) in [6.45, 7) is 4.25. The minimum Gasteiger partial charge on any atom is -0.412 e. The smallest absolute Gasteiger partial charge is 0.0540 e. The van der Waals surface area contributed by atoms with Crippen molar-refractivity contribution in [3.8, 4) is 0 Å². The van der Waals surface area contributed by atoms with E-state index in [9.17, 15) is 0 Å². The van der Waals surface area contributed by atoms with E-state index in [1.807, 2.05) is 0 Å². The summed E-state index contributed by atoms with van der Waals surface area (Å²) in [7, 11) is 0. The van der Waals surface area contributed by atoms with Gasteiger partial charge >= 0.3 is 0 Å². The van der Waals surface area contributed by atoms with Crippen LogP contribution in [0.1, 0.15) is 52.4 Å². The highest BCUT2D eigenvalue weighted by molar-refractivity contribution is 4.61. The average molecular weight is 162 g/mol. The lowest BCUT2D eigenvalue weighted by molar-refractivity contribution is 0.130. The second kappa shape index (κ2) is 9.92. The van der Waals surface area contributed by atoms with Crippen molar-refractivity contribution < 1.29 is 10.6 Å². The predicted octanol–water partition coefficient (Wildman–Crippen LogP) is 1.90. The summed E-state index contributed by atoms with van der Waals surface area (Å²) < 4.78 is 0. The third kappa shape index (κ3) is 9.92. The van der Waals surface area contributed by atoms with Crippen molar-refractivity contribution in [2.45, 2.75) is 58.5 Å². The predicted molar refractivity (Wildman–Crippen MR) is 48.7 cm³/mol. The van der Waals surface area contributed by atoms with Gasteiger partial charge in [-0.3, -0.25) is 0 Å². The van der Waals surface area contributed by atoms with Crippen LogP contribution in [-0.4, -0.2) is 16.7 Å². The van der Waals surface area contributed by atoms with Crippen molar-refractivity contribution in [3.05, 3.63) is 0 Å². The highest BCUT2D eigenvalue weighted by Crippen LogP contribution is 2.16. The molecule has 0 atom stereocenters. The normalized spacial score (nSPS) is 17.7. The molecule has 2 heteroatoms. The maximum absolute atomic E-state index is 8.91. The largest absolute Gasteiger partial charge is 0.412 e. The molecule has 0 aromatic heterocycles. The molecule has 0 bridgehead atoms. The third-order valence-electron chi connectivity index (χ3n) is 1.57. The first kappa shape index (κ1) is 13.5. The van der Waals surface area contributed by atoms with E-state index in [4.69, 9.17) is 5.11 Å². The molecule has 0 spiro atoms. The first-order valence-electron chi connectivity index (χ1n) is 4.49. The van der Waals surface area contributed by atoms with Crippen LogP contribution in [0.4, 0.5) is 0 Å². The Balaban J connectivity index is 0. The number of rotatable bonds is 0. The van der Waals surface area contributed by atoms with Crippen LogP contribution in [0.5, 0.6) is 0 Å². The van der Waals surface area contributed by atoms with E-state index in [-0.39, 0.29) is 11.6 Å². The Kier molecular flexibility index (Phi) is 12.2. The van der Waals surface area contributed by atoms with Crippen molar-refractivity contribution in [1.29, 1.82) is 0 Å². The molecular weight excluding hydrogens is 140 g/mol. The second-order valence-electron chi connectivity index (χ2n) is 3.00. The van der Waals surface area contributed by atoms with Gasteiger partial charge in [-0.1, -0.05) is 39.5 Å². The Labute approximate surface area is 69.9 Å². The second-order valence-corrected chi connectivity index (χ2v) is 3.00. The first-order chi connectivity index (χ1) is 4.81. The van der Waals surface area contributed by atoms with E-state index in [1.54, 1.807) is 0 Å². The molecule has 0 unspecified atom stereocenters. The van der Waals surface area contributed by atoms with Gasteiger partial charge < -0.3 is 10.6 Å². The van der Waals surface area contributed by atoms with Gasteiger partial charge in [-0.25, -0.2) is 0 Å². The number of hydrogen-bond acceptors (Lipinski definition) is 1. The summed E-state index contributed by atoms with van der Waals surface area (Å²) in [6, 6.07) is 0. The standard InChI is InChI=1S/C6H12O.C3H8.H2O/c7-6-4-2-1-3-5-6;1-3-2;/h6-7H,1-5H2;3H2,1-2H3;1H2. The molecule has 0 amide bonds. The number of aliphatic hydroxyl groups excluding tert-OH is 1. The highest BCUT2D eigenvalue weighted by Gasteiger charge is 2.07. The minimum atomic E-state index is 0. The summed E-state index contributed by atoms with van der Waals surface area (Å²) in [6.07, 6.45) is 7.17. The summed E-state index contributed by atoms with van der Waals surface area (Å²) in [5.41, 5.74) is 0. The van der Waals surface area contributed by atoms with Gasteiger partial charge in [0.2, 0.25) is 0 Å². The van der Waals surface area contributed by atoms with Crippen LogP contribution in [0, 0.1) is 0 Å². The summed E-state index contributed by atoms with van der Waals surface area (Å²) in [5.74, 6) is 0. The van der Waals surface area contributed by atoms with Gasteiger partial charge in [-0.05, 0) is 12.8 Å². The van der Waals surface area contributed by atoms with E-state index in [0.29, 0.717) is 0 Å². The molecule has 1 saturated carbocycles. The molecule has 11 heavy (non-hydrogen) atoms. The third-order valence-corrected chi connectivity index (χ3v) is 1.57. The van der Waals surface area contributed by atoms with Gasteiger partial charge in [0.25, 0.3) is 0 Å². The molecule has 0 aromatic carbocycles. The zero-order valence-corrected chi connectivity index (χ0v) is 7.77. The van der Waals surface area contributed by atoms with E-state index in [2.05, 4.69) is 13.8 Å². The van der Waals surface area contributed by atoms with Crippen molar-refractivity contribution in [3.63, 3.8) is 0 Å². The van der Waals surface area contributed by atoms with Gasteiger partial charge in [0, 0.05) is 0 Å². The number of aliphatic hydroxyl groups is 1. The van der Waals surface area contributed by atoms with Crippen molar-refractivity contribution in [2.75, 3.05) is 0 Å². The van der Waals surface area contributed by atoms with Crippen molar-refractivity contribution >= 4 is 0 Å². The molecule has 1 rings (SSSR count). The van der Waals surface area contributed by atoms with Crippen molar-refractivity contribution in [2.24, 2.45) is 0 Å². The topological polar surface area (TPSA) is 51.7 Å². The molecule has 1 fully saturated rings. The van der Waals surface area contributed by atoms with E-state index in [1.165, 1.54) is 25.7 Å². The Morgan fingerprint density at radius 2 is 1.45 bits per heavy atom. The van der Waals surface area contributed by atoms with Gasteiger partial charge in [-0.2, -0.15) is 0 Å². The van der Waals surface area contributed by atoms with E-state index >= 15 is 0 Å². The van der Waals surface area contributed by atoms with Crippen LogP contribution in [-0.2, 0) is 0 Å². The molecule has 1 aliphatic carbocycles. The van der Waals surface area contributed by atoms with Crippen LogP contribution >= 0.6 is 0 Å². The Bertz CT molecular complexity index is 58.6. The summed E-state index contributed by atoms with van der Waals surface area (Å²) in [4.78, 5) is 0. The van der Waals surface area contributed by atoms with Crippen LogP contribution in [0.3, 0.4) is 0 Å². The monoisotopic (exact) mass is 162 g/mol. The lowest BCUT2D eigenvalue weighted by Crippen LogP contribution is -2.09. The molecule has 0 saturated heterocycles. The van der Waals surface area contributed by atoms with Gasteiger partial charge in [-0.15, -0.1) is 0 Å². The van der Waals surface area contributed by atoms with Crippen molar-refractivity contribution in [1.82, 2.24) is 0 Å². The molecule has 0 heterocycles. The SMILES string of the molecule is CCC.O.OC1CCCCC1. The van der Waals surface area contributed by atoms with E-state index in [0.717, 1.165) is 12.8 Å².